The Balaban J connectivity index is 2.42. The smallest absolute Gasteiger partial charge is 0.271 e. The van der Waals surface area contributed by atoms with Crippen LogP contribution in [0.5, 0.6) is 0 Å². The molecular formula is C12H21N3OS. The van der Waals surface area contributed by atoms with Gasteiger partial charge in [-0.3, -0.25) is 4.79 Å². The zero-order chi connectivity index (χ0) is 12.8. The van der Waals surface area contributed by atoms with Crippen molar-refractivity contribution in [3.63, 3.8) is 0 Å². The molecule has 1 heterocycles. The quantitative estimate of drug-likeness (QED) is 0.843. The van der Waals surface area contributed by atoms with Gasteiger partial charge in [0.15, 0.2) is 0 Å². The Morgan fingerprint density at radius 1 is 1.35 bits per heavy atom. The number of carbonyl (C=O) groups excluding carboxylic acids is 1. The van der Waals surface area contributed by atoms with E-state index in [4.69, 9.17) is 0 Å². The molecule has 0 spiro atoms. The van der Waals surface area contributed by atoms with Gasteiger partial charge in [0.1, 0.15) is 5.69 Å². The monoisotopic (exact) mass is 255 g/mol. The Morgan fingerprint density at radius 3 is 2.47 bits per heavy atom. The number of hydrogen-bond acceptors (Lipinski definition) is 4. The number of nitrogens with zero attached hydrogens (tertiary/aromatic N) is 2. The summed E-state index contributed by atoms with van der Waals surface area (Å²) in [6, 6.07) is 0. The summed E-state index contributed by atoms with van der Waals surface area (Å²) >= 11 is 1.56. The standard InChI is InChI=1S/C12H21N3OS/c1-5-15(6-2)8-7-13-12(16)11-9(3)17-10(4)14-11/h5-8H2,1-4H3,(H,13,16). The van der Waals surface area contributed by atoms with Gasteiger partial charge < -0.3 is 10.2 Å². The minimum atomic E-state index is -0.0565. The third-order valence-corrected chi connectivity index (χ3v) is 3.61. The summed E-state index contributed by atoms with van der Waals surface area (Å²) in [6.45, 7) is 11.7. The van der Waals surface area contributed by atoms with E-state index in [-0.39, 0.29) is 5.91 Å². The molecule has 1 rings (SSSR count). The second kappa shape index (κ2) is 6.71. The largest absolute Gasteiger partial charge is 0.349 e. The molecule has 0 atom stereocenters. The molecule has 0 aliphatic rings. The van der Waals surface area contributed by atoms with Gasteiger partial charge in [0, 0.05) is 18.0 Å². The zero-order valence-electron chi connectivity index (χ0n) is 11.0. The van der Waals surface area contributed by atoms with Crippen molar-refractivity contribution >= 4 is 17.2 Å². The maximum Gasteiger partial charge on any atom is 0.271 e. The molecule has 0 aliphatic carbocycles. The number of nitrogens with one attached hydrogen (secondary N) is 1. The number of aromatic nitrogens is 1. The summed E-state index contributed by atoms with van der Waals surface area (Å²) in [5.41, 5.74) is 0.576. The number of rotatable bonds is 6. The molecule has 1 aromatic heterocycles. The molecule has 0 aliphatic heterocycles. The molecule has 1 amide bonds. The highest BCUT2D eigenvalue weighted by Crippen LogP contribution is 2.15. The zero-order valence-corrected chi connectivity index (χ0v) is 11.9. The molecule has 0 radical (unpaired) electrons. The summed E-state index contributed by atoms with van der Waals surface area (Å²) in [4.78, 5) is 19.4. The van der Waals surface area contributed by atoms with E-state index in [2.05, 4.69) is 29.0 Å². The molecule has 17 heavy (non-hydrogen) atoms. The lowest BCUT2D eigenvalue weighted by atomic mass is 10.3. The summed E-state index contributed by atoms with van der Waals surface area (Å²) in [6.07, 6.45) is 0. The van der Waals surface area contributed by atoms with E-state index in [9.17, 15) is 4.79 Å². The second-order valence-corrected chi connectivity index (χ2v) is 5.33. The van der Waals surface area contributed by atoms with Gasteiger partial charge in [-0.15, -0.1) is 11.3 Å². The van der Waals surface area contributed by atoms with Gasteiger partial charge in [-0.2, -0.15) is 0 Å². The molecule has 1 N–H and O–H groups in total. The van der Waals surface area contributed by atoms with Gasteiger partial charge in [-0.05, 0) is 26.9 Å². The van der Waals surface area contributed by atoms with Gasteiger partial charge in [0.2, 0.25) is 0 Å². The highest BCUT2D eigenvalue weighted by Gasteiger charge is 2.13. The molecule has 0 aromatic carbocycles. The Labute approximate surface area is 107 Å². The molecule has 0 unspecified atom stereocenters. The van der Waals surface area contributed by atoms with E-state index in [0.717, 1.165) is 29.5 Å². The van der Waals surface area contributed by atoms with Crippen LogP contribution in [0.25, 0.3) is 0 Å². The minimum absolute atomic E-state index is 0.0565. The molecule has 0 saturated carbocycles. The highest BCUT2D eigenvalue weighted by molar-refractivity contribution is 7.11. The van der Waals surface area contributed by atoms with Gasteiger partial charge in [-0.1, -0.05) is 13.8 Å². The van der Waals surface area contributed by atoms with Crippen LogP contribution in [-0.2, 0) is 0 Å². The van der Waals surface area contributed by atoms with Crippen molar-refractivity contribution in [2.75, 3.05) is 26.2 Å². The van der Waals surface area contributed by atoms with E-state index in [0.29, 0.717) is 12.2 Å². The number of likely N-dealkylation sites (N-methyl/N-ethyl adjacent to an activating group) is 1. The van der Waals surface area contributed by atoms with Crippen LogP contribution in [0, 0.1) is 13.8 Å². The molecule has 0 saturated heterocycles. The van der Waals surface area contributed by atoms with Crippen molar-refractivity contribution in [1.82, 2.24) is 15.2 Å². The van der Waals surface area contributed by atoms with E-state index in [1.54, 1.807) is 11.3 Å². The van der Waals surface area contributed by atoms with Crippen molar-refractivity contribution in [3.05, 3.63) is 15.6 Å². The molecule has 96 valence electrons. The van der Waals surface area contributed by atoms with Crippen LogP contribution in [-0.4, -0.2) is 42.0 Å². The second-order valence-electron chi connectivity index (χ2n) is 3.92. The first kappa shape index (κ1) is 14.1. The van der Waals surface area contributed by atoms with Crippen LogP contribution in [0.1, 0.15) is 34.2 Å². The molecule has 5 heteroatoms. The van der Waals surface area contributed by atoms with Gasteiger partial charge in [0.05, 0.1) is 5.01 Å². The van der Waals surface area contributed by atoms with Crippen LogP contribution in [0.4, 0.5) is 0 Å². The average molecular weight is 255 g/mol. The first-order valence-corrected chi connectivity index (χ1v) is 6.84. The Morgan fingerprint density at radius 2 is 2.00 bits per heavy atom. The molecular weight excluding hydrogens is 234 g/mol. The Hall–Kier alpha value is -0.940. The first-order valence-electron chi connectivity index (χ1n) is 6.03. The van der Waals surface area contributed by atoms with E-state index in [1.807, 2.05) is 13.8 Å². The average Bonchev–Trinajstić information content (AvgIpc) is 2.64. The minimum Gasteiger partial charge on any atom is -0.349 e. The van der Waals surface area contributed by atoms with Crippen molar-refractivity contribution in [2.45, 2.75) is 27.7 Å². The molecule has 0 bridgehead atoms. The fourth-order valence-corrected chi connectivity index (χ4v) is 2.51. The van der Waals surface area contributed by atoms with Gasteiger partial charge >= 0.3 is 0 Å². The number of aryl methyl sites for hydroxylation is 2. The topological polar surface area (TPSA) is 45.2 Å². The molecule has 0 fully saturated rings. The van der Waals surface area contributed by atoms with E-state index >= 15 is 0 Å². The van der Waals surface area contributed by atoms with Gasteiger partial charge in [-0.25, -0.2) is 4.98 Å². The predicted octanol–water partition coefficient (Wildman–Crippen LogP) is 1.83. The number of carbonyl (C=O) groups is 1. The van der Waals surface area contributed by atoms with Gasteiger partial charge in [0.25, 0.3) is 5.91 Å². The summed E-state index contributed by atoms with van der Waals surface area (Å²) < 4.78 is 0. The summed E-state index contributed by atoms with van der Waals surface area (Å²) in [5.74, 6) is -0.0565. The van der Waals surface area contributed by atoms with E-state index in [1.165, 1.54) is 0 Å². The summed E-state index contributed by atoms with van der Waals surface area (Å²) in [5, 5.41) is 3.86. The van der Waals surface area contributed by atoms with Crippen molar-refractivity contribution in [3.8, 4) is 0 Å². The first-order chi connectivity index (χ1) is 8.08. The highest BCUT2D eigenvalue weighted by atomic mass is 32.1. The third-order valence-electron chi connectivity index (χ3n) is 2.73. The maximum absolute atomic E-state index is 11.9. The van der Waals surface area contributed by atoms with Crippen LogP contribution < -0.4 is 5.32 Å². The molecule has 4 nitrogen and oxygen atoms in total. The lowest BCUT2D eigenvalue weighted by Crippen LogP contribution is -2.35. The SMILES string of the molecule is CCN(CC)CCNC(=O)c1nc(C)sc1C. The van der Waals surface area contributed by atoms with Crippen molar-refractivity contribution in [1.29, 1.82) is 0 Å². The number of hydrogen-bond donors (Lipinski definition) is 1. The number of amides is 1. The lowest BCUT2D eigenvalue weighted by Gasteiger charge is -2.17. The van der Waals surface area contributed by atoms with E-state index < -0.39 is 0 Å². The fourth-order valence-electron chi connectivity index (χ4n) is 1.69. The Kier molecular flexibility index (Phi) is 5.58. The van der Waals surface area contributed by atoms with Crippen LogP contribution in [0.3, 0.4) is 0 Å². The van der Waals surface area contributed by atoms with Crippen LogP contribution in [0.15, 0.2) is 0 Å². The van der Waals surface area contributed by atoms with Crippen molar-refractivity contribution < 1.29 is 4.79 Å². The molecule has 1 aromatic rings. The Bertz CT molecular complexity index is 372. The predicted molar refractivity (Wildman–Crippen MR) is 71.7 cm³/mol. The fraction of sp³-hybridized carbons (Fsp3) is 0.667. The maximum atomic E-state index is 11.9. The van der Waals surface area contributed by atoms with Crippen molar-refractivity contribution in [2.24, 2.45) is 0 Å². The summed E-state index contributed by atoms with van der Waals surface area (Å²) in [7, 11) is 0. The van der Waals surface area contributed by atoms with Crippen LogP contribution in [0.2, 0.25) is 0 Å². The number of thiazole rings is 1. The third kappa shape index (κ3) is 4.09. The van der Waals surface area contributed by atoms with Crippen LogP contribution >= 0.6 is 11.3 Å². The normalized spacial score (nSPS) is 10.9. The lowest BCUT2D eigenvalue weighted by molar-refractivity contribution is 0.0944.